The molecule has 2 amide bonds. The van der Waals surface area contributed by atoms with Gasteiger partial charge >= 0.3 is 0 Å². The molecule has 9 heteroatoms. The maximum absolute atomic E-state index is 13.6. The quantitative estimate of drug-likeness (QED) is 0.422. The fourth-order valence-corrected chi connectivity index (χ4v) is 4.48. The third-order valence-corrected chi connectivity index (χ3v) is 6.84. The zero-order valence-corrected chi connectivity index (χ0v) is 22.1. The molecular formula is C26H37N3O5S. The fourth-order valence-electron chi connectivity index (χ4n) is 3.63. The summed E-state index contributed by atoms with van der Waals surface area (Å²) in [6.45, 7) is 8.01. The molecule has 8 nitrogen and oxygen atoms in total. The first-order valence-electron chi connectivity index (χ1n) is 11.9. The normalized spacial score (nSPS) is 12.0. The first kappa shape index (κ1) is 28.2. The van der Waals surface area contributed by atoms with Crippen LogP contribution in [0.5, 0.6) is 5.75 Å². The van der Waals surface area contributed by atoms with Gasteiger partial charge in [-0.2, -0.15) is 0 Å². The molecule has 0 fully saturated rings. The number of nitrogens with zero attached hydrogens (tertiary/aromatic N) is 2. The molecule has 0 aliphatic heterocycles. The summed E-state index contributed by atoms with van der Waals surface area (Å²) in [4.78, 5) is 27.9. The number of para-hydroxylation sites is 2. The van der Waals surface area contributed by atoms with E-state index in [9.17, 15) is 18.0 Å². The summed E-state index contributed by atoms with van der Waals surface area (Å²) in [5.74, 6) is -0.395. The Morgan fingerprint density at radius 3 is 2.34 bits per heavy atom. The van der Waals surface area contributed by atoms with Gasteiger partial charge in [-0.15, -0.1) is 0 Å². The van der Waals surface area contributed by atoms with Gasteiger partial charge in [-0.3, -0.25) is 13.9 Å². The Hall–Kier alpha value is -3.07. The van der Waals surface area contributed by atoms with Gasteiger partial charge in [-0.1, -0.05) is 49.7 Å². The summed E-state index contributed by atoms with van der Waals surface area (Å²) in [5, 5.41) is 2.88. The molecular weight excluding hydrogens is 466 g/mol. The average molecular weight is 504 g/mol. The van der Waals surface area contributed by atoms with E-state index in [1.54, 1.807) is 38.1 Å². The summed E-state index contributed by atoms with van der Waals surface area (Å²) in [6.07, 6.45) is 2.82. The molecule has 35 heavy (non-hydrogen) atoms. The lowest BCUT2D eigenvalue weighted by Crippen LogP contribution is -2.51. The van der Waals surface area contributed by atoms with Crippen LogP contribution in [-0.4, -0.2) is 57.1 Å². The Balaban J connectivity index is 2.41. The number of carbonyl (C=O) groups is 2. The van der Waals surface area contributed by atoms with E-state index in [-0.39, 0.29) is 18.1 Å². The molecule has 0 aliphatic rings. The fraction of sp³-hybridized carbons (Fsp3) is 0.462. The molecule has 192 valence electrons. The van der Waals surface area contributed by atoms with Crippen molar-refractivity contribution >= 4 is 27.5 Å². The number of aryl methyl sites for hydroxylation is 1. The van der Waals surface area contributed by atoms with Crippen LogP contribution in [0.3, 0.4) is 0 Å². The summed E-state index contributed by atoms with van der Waals surface area (Å²) in [6, 6.07) is 13.5. The van der Waals surface area contributed by atoms with Crippen LogP contribution in [-0.2, 0) is 26.2 Å². The highest BCUT2D eigenvalue weighted by molar-refractivity contribution is 7.92. The standard InChI is InChI=1S/C26H37N3O5S/c1-6-8-17-27-26(31)21(4)28(18-22-14-10-9-13-20(22)3)25(30)19-29(35(5,32)33)23-15-11-12-16-24(23)34-7-2/h9-16,21H,6-8,17-19H2,1-5H3,(H,27,31)/t21-/m0/s1. The molecule has 2 aromatic carbocycles. The minimum atomic E-state index is -3.83. The van der Waals surface area contributed by atoms with Crippen molar-refractivity contribution in [3.63, 3.8) is 0 Å². The number of nitrogens with one attached hydrogen (secondary N) is 1. The number of sulfonamides is 1. The number of amides is 2. The maximum atomic E-state index is 13.6. The van der Waals surface area contributed by atoms with Crippen LogP contribution in [0, 0.1) is 6.92 Å². The van der Waals surface area contributed by atoms with Crippen molar-refractivity contribution in [2.45, 2.75) is 53.1 Å². The van der Waals surface area contributed by atoms with Crippen molar-refractivity contribution in [2.24, 2.45) is 0 Å². The number of unbranched alkanes of at least 4 members (excludes halogenated alkanes) is 1. The van der Waals surface area contributed by atoms with Gasteiger partial charge in [0, 0.05) is 13.1 Å². The van der Waals surface area contributed by atoms with Gasteiger partial charge in [0.15, 0.2) is 0 Å². The van der Waals surface area contributed by atoms with Gasteiger partial charge in [-0.25, -0.2) is 8.42 Å². The Morgan fingerprint density at radius 1 is 1.06 bits per heavy atom. The maximum Gasteiger partial charge on any atom is 0.244 e. The molecule has 2 aromatic rings. The number of rotatable bonds is 13. The predicted octanol–water partition coefficient (Wildman–Crippen LogP) is 3.49. The molecule has 0 aromatic heterocycles. The van der Waals surface area contributed by atoms with Crippen molar-refractivity contribution < 1.29 is 22.7 Å². The van der Waals surface area contributed by atoms with Crippen molar-refractivity contribution in [3.05, 3.63) is 59.7 Å². The van der Waals surface area contributed by atoms with Gasteiger partial charge < -0.3 is 15.0 Å². The van der Waals surface area contributed by atoms with E-state index in [1.165, 1.54) is 4.90 Å². The molecule has 0 heterocycles. The lowest BCUT2D eigenvalue weighted by atomic mass is 10.1. The number of anilines is 1. The lowest BCUT2D eigenvalue weighted by Gasteiger charge is -2.32. The zero-order valence-electron chi connectivity index (χ0n) is 21.3. The van der Waals surface area contributed by atoms with Crippen molar-refractivity contribution in [1.82, 2.24) is 10.2 Å². The van der Waals surface area contributed by atoms with Crippen LogP contribution in [0.4, 0.5) is 5.69 Å². The summed E-state index contributed by atoms with van der Waals surface area (Å²) in [7, 11) is -3.83. The summed E-state index contributed by atoms with van der Waals surface area (Å²) < 4.78 is 32.2. The third-order valence-electron chi connectivity index (χ3n) is 5.71. The van der Waals surface area contributed by atoms with E-state index >= 15 is 0 Å². The SMILES string of the molecule is CCCCNC(=O)[C@H](C)N(Cc1ccccc1C)C(=O)CN(c1ccccc1OCC)S(C)(=O)=O. The van der Waals surface area contributed by atoms with Gasteiger partial charge in [0.2, 0.25) is 21.8 Å². The van der Waals surface area contributed by atoms with Gasteiger partial charge in [0.25, 0.3) is 0 Å². The highest BCUT2D eigenvalue weighted by Gasteiger charge is 2.31. The first-order chi connectivity index (χ1) is 16.6. The first-order valence-corrected chi connectivity index (χ1v) is 13.8. The Labute approximate surface area is 209 Å². The van der Waals surface area contributed by atoms with Crippen LogP contribution >= 0.6 is 0 Å². The monoisotopic (exact) mass is 503 g/mol. The second kappa shape index (κ2) is 13.1. The second-order valence-electron chi connectivity index (χ2n) is 8.44. The van der Waals surface area contributed by atoms with Gasteiger partial charge in [-0.05, 0) is 50.5 Å². The van der Waals surface area contributed by atoms with Crippen LogP contribution in [0.25, 0.3) is 0 Å². The Morgan fingerprint density at radius 2 is 1.71 bits per heavy atom. The highest BCUT2D eigenvalue weighted by atomic mass is 32.2. The van der Waals surface area contributed by atoms with Gasteiger partial charge in [0.05, 0.1) is 18.6 Å². The zero-order chi connectivity index (χ0) is 26.0. The molecule has 0 spiro atoms. The predicted molar refractivity (Wildman–Crippen MR) is 139 cm³/mol. The molecule has 0 aliphatic carbocycles. The van der Waals surface area contributed by atoms with Crippen molar-refractivity contribution in [2.75, 3.05) is 30.3 Å². The number of benzene rings is 2. The molecule has 2 rings (SSSR count). The van der Waals surface area contributed by atoms with E-state index in [4.69, 9.17) is 4.74 Å². The summed E-state index contributed by atoms with van der Waals surface area (Å²) >= 11 is 0. The molecule has 0 bridgehead atoms. The summed E-state index contributed by atoms with van der Waals surface area (Å²) in [5.41, 5.74) is 2.14. The number of ether oxygens (including phenoxy) is 1. The average Bonchev–Trinajstić information content (AvgIpc) is 2.81. The topological polar surface area (TPSA) is 96.0 Å². The number of carbonyl (C=O) groups excluding carboxylic acids is 2. The lowest BCUT2D eigenvalue weighted by molar-refractivity contribution is -0.139. The smallest absolute Gasteiger partial charge is 0.244 e. The van der Waals surface area contributed by atoms with Gasteiger partial charge in [0.1, 0.15) is 18.3 Å². The van der Waals surface area contributed by atoms with Crippen LogP contribution < -0.4 is 14.4 Å². The van der Waals surface area contributed by atoms with E-state index in [1.807, 2.05) is 38.1 Å². The van der Waals surface area contributed by atoms with Crippen LogP contribution in [0.2, 0.25) is 0 Å². The molecule has 0 radical (unpaired) electrons. The van der Waals surface area contributed by atoms with E-state index < -0.39 is 28.5 Å². The van der Waals surface area contributed by atoms with E-state index in [0.717, 1.165) is 34.5 Å². The number of hydrogen-bond acceptors (Lipinski definition) is 5. The van der Waals surface area contributed by atoms with Crippen molar-refractivity contribution in [1.29, 1.82) is 0 Å². The molecule has 1 N–H and O–H groups in total. The largest absolute Gasteiger partial charge is 0.492 e. The molecule has 0 saturated carbocycles. The molecule has 0 saturated heterocycles. The van der Waals surface area contributed by atoms with Crippen molar-refractivity contribution in [3.8, 4) is 5.75 Å². The van der Waals surface area contributed by atoms with E-state index in [0.29, 0.717) is 18.9 Å². The minimum absolute atomic E-state index is 0.179. The van der Waals surface area contributed by atoms with Crippen LogP contribution in [0.15, 0.2) is 48.5 Å². The molecule has 1 atom stereocenters. The number of hydrogen-bond donors (Lipinski definition) is 1. The highest BCUT2D eigenvalue weighted by Crippen LogP contribution is 2.30. The van der Waals surface area contributed by atoms with Crippen LogP contribution in [0.1, 0.15) is 44.7 Å². The Bertz CT molecular complexity index is 1100. The van der Waals surface area contributed by atoms with E-state index in [2.05, 4.69) is 5.32 Å². The Kier molecular flexibility index (Phi) is 10.6. The third kappa shape index (κ3) is 7.99. The second-order valence-corrected chi connectivity index (χ2v) is 10.3. The minimum Gasteiger partial charge on any atom is -0.492 e. The molecule has 0 unspecified atom stereocenters.